The number of hydrogen-bond donors (Lipinski definition) is 2. The fourth-order valence-electron chi connectivity index (χ4n) is 2.73. The third kappa shape index (κ3) is 4.00. The first-order chi connectivity index (χ1) is 11.2. The second kappa shape index (κ2) is 7.44. The molecule has 2 aromatic rings. The highest BCUT2D eigenvalue weighted by atomic mass is 16.5. The van der Waals surface area contributed by atoms with Gasteiger partial charge < -0.3 is 19.6 Å². The molecular formula is C18H21NO4. The topological polar surface area (TPSA) is 71.7 Å². The van der Waals surface area contributed by atoms with Crippen molar-refractivity contribution >= 4 is 5.91 Å². The van der Waals surface area contributed by atoms with Crippen molar-refractivity contribution < 1.29 is 19.1 Å². The van der Waals surface area contributed by atoms with Gasteiger partial charge in [0.1, 0.15) is 5.76 Å². The van der Waals surface area contributed by atoms with E-state index in [0.717, 1.165) is 29.7 Å². The van der Waals surface area contributed by atoms with Gasteiger partial charge in [-0.1, -0.05) is 24.3 Å². The number of rotatable bonds is 5. The number of benzene rings is 1. The maximum atomic E-state index is 12.1. The lowest BCUT2D eigenvalue weighted by Gasteiger charge is -2.22. The maximum Gasteiger partial charge on any atom is 0.223 e. The van der Waals surface area contributed by atoms with Crippen LogP contribution in [-0.4, -0.2) is 30.8 Å². The molecular weight excluding hydrogens is 294 g/mol. The fourth-order valence-corrected chi connectivity index (χ4v) is 2.73. The number of amides is 1. The third-order valence-electron chi connectivity index (χ3n) is 4.16. The summed E-state index contributed by atoms with van der Waals surface area (Å²) in [6, 6.07) is 11.2. The van der Waals surface area contributed by atoms with E-state index in [1.165, 1.54) is 0 Å². The molecule has 3 rings (SSSR count). The molecule has 0 aliphatic carbocycles. The number of carbonyl (C=O) groups is 1. The second-order valence-corrected chi connectivity index (χ2v) is 5.75. The van der Waals surface area contributed by atoms with Gasteiger partial charge in [-0.2, -0.15) is 0 Å². The summed E-state index contributed by atoms with van der Waals surface area (Å²) in [5, 5.41) is 13.1. The molecule has 0 unspecified atom stereocenters. The molecule has 122 valence electrons. The van der Waals surface area contributed by atoms with Gasteiger partial charge in [0.05, 0.1) is 12.4 Å². The minimum Gasteiger partial charge on any atom is -0.464 e. The molecule has 1 atom stereocenters. The van der Waals surface area contributed by atoms with Crippen molar-refractivity contribution in [1.29, 1.82) is 0 Å². The van der Waals surface area contributed by atoms with E-state index in [2.05, 4.69) is 5.32 Å². The zero-order valence-corrected chi connectivity index (χ0v) is 12.9. The van der Waals surface area contributed by atoms with Crippen LogP contribution in [0.2, 0.25) is 0 Å². The molecule has 1 saturated heterocycles. The van der Waals surface area contributed by atoms with Crippen LogP contribution in [0.15, 0.2) is 47.1 Å². The van der Waals surface area contributed by atoms with Gasteiger partial charge >= 0.3 is 0 Å². The zero-order chi connectivity index (χ0) is 16.1. The summed E-state index contributed by atoms with van der Waals surface area (Å²) in [5.74, 6) is 0.788. The molecule has 0 radical (unpaired) electrons. The van der Waals surface area contributed by atoms with Crippen molar-refractivity contribution in [2.45, 2.75) is 18.9 Å². The van der Waals surface area contributed by atoms with Crippen LogP contribution in [-0.2, 0) is 9.53 Å². The van der Waals surface area contributed by atoms with Crippen LogP contribution in [0.3, 0.4) is 0 Å². The first-order valence-corrected chi connectivity index (χ1v) is 7.91. The molecule has 5 heteroatoms. The van der Waals surface area contributed by atoms with Gasteiger partial charge in [0, 0.05) is 31.2 Å². The van der Waals surface area contributed by atoms with Crippen LogP contribution in [0.25, 0.3) is 11.3 Å². The van der Waals surface area contributed by atoms with Gasteiger partial charge in [0.2, 0.25) is 5.91 Å². The molecule has 2 N–H and O–H groups in total. The molecule has 1 aromatic heterocycles. The normalized spacial score (nSPS) is 16.9. The number of hydrogen-bond acceptors (Lipinski definition) is 4. The third-order valence-corrected chi connectivity index (χ3v) is 4.16. The van der Waals surface area contributed by atoms with E-state index >= 15 is 0 Å². The molecule has 0 saturated carbocycles. The van der Waals surface area contributed by atoms with Crippen LogP contribution in [0.5, 0.6) is 0 Å². The van der Waals surface area contributed by atoms with Gasteiger partial charge in [-0.3, -0.25) is 4.79 Å². The number of aliphatic hydroxyl groups excluding tert-OH is 1. The molecule has 2 heterocycles. The van der Waals surface area contributed by atoms with Gasteiger partial charge in [-0.15, -0.1) is 0 Å². The summed E-state index contributed by atoms with van der Waals surface area (Å²) in [4.78, 5) is 12.1. The van der Waals surface area contributed by atoms with Crippen molar-refractivity contribution in [2.24, 2.45) is 5.92 Å². The molecule has 1 aliphatic rings. The average molecular weight is 315 g/mol. The Labute approximate surface area is 135 Å². The average Bonchev–Trinajstić information content (AvgIpc) is 3.15. The Morgan fingerprint density at radius 2 is 1.96 bits per heavy atom. The minimum absolute atomic E-state index is 0.000411. The van der Waals surface area contributed by atoms with Crippen molar-refractivity contribution in [3.8, 4) is 11.3 Å². The van der Waals surface area contributed by atoms with Crippen molar-refractivity contribution in [3.63, 3.8) is 0 Å². The Morgan fingerprint density at radius 1 is 1.22 bits per heavy atom. The highest BCUT2D eigenvalue weighted by Crippen LogP contribution is 2.22. The predicted molar refractivity (Wildman–Crippen MR) is 85.7 cm³/mol. The van der Waals surface area contributed by atoms with E-state index in [-0.39, 0.29) is 18.4 Å². The standard InChI is InChI=1S/C18H21NO4/c20-16(12-19-18(21)15-7-10-22-11-8-15)13-3-5-14(6-4-13)17-2-1-9-23-17/h1-6,9,15-16,20H,7-8,10-12H2,(H,19,21)/t16-/m1/s1. The molecule has 5 nitrogen and oxygen atoms in total. The summed E-state index contributed by atoms with van der Waals surface area (Å²) in [6.07, 6.45) is 2.41. The SMILES string of the molecule is O=C(NC[C@@H](O)c1ccc(-c2ccco2)cc1)C1CCOCC1. The van der Waals surface area contributed by atoms with E-state index in [9.17, 15) is 9.90 Å². The van der Waals surface area contributed by atoms with E-state index in [0.29, 0.717) is 13.2 Å². The Balaban J connectivity index is 1.53. The quantitative estimate of drug-likeness (QED) is 0.889. The molecule has 1 aliphatic heterocycles. The van der Waals surface area contributed by atoms with Crippen LogP contribution >= 0.6 is 0 Å². The van der Waals surface area contributed by atoms with Crippen molar-refractivity contribution in [1.82, 2.24) is 5.32 Å². The number of carbonyl (C=O) groups excluding carboxylic acids is 1. The number of ether oxygens (including phenoxy) is 1. The molecule has 0 spiro atoms. The van der Waals surface area contributed by atoms with Gasteiger partial charge in [0.15, 0.2) is 0 Å². The monoisotopic (exact) mass is 315 g/mol. The van der Waals surface area contributed by atoms with Gasteiger partial charge in [-0.25, -0.2) is 0 Å². The van der Waals surface area contributed by atoms with Gasteiger partial charge in [-0.05, 0) is 30.5 Å². The largest absolute Gasteiger partial charge is 0.464 e. The summed E-state index contributed by atoms with van der Waals surface area (Å²) in [5.41, 5.74) is 1.73. The van der Waals surface area contributed by atoms with E-state index < -0.39 is 6.10 Å². The Kier molecular flexibility index (Phi) is 5.10. The summed E-state index contributed by atoms with van der Waals surface area (Å²) in [7, 11) is 0. The van der Waals surface area contributed by atoms with E-state index in [4.69, 9.17) is 9.15 Å². The lowest BCUT2D eigenvalue weighted by Crippen LogP contribution is -2.36. The lowest BCUT2D eigenvalue weighted by molar-refractivity contribution is -0.128. The molecule has 1 fully saturated rings. The van der Waals surface area contributed by atoms with E-state index in [1.54, 1.807) is 6.26 Å². The molecule has 1 amide bonds. The fraction of sp³-hybridized carbons (Fsp3) is 0.389. The Bertz CT molecular complexity index is 615. The smallest absolute Gasteiger partial charge is 0.223 e. The minimum atomic E-state index is -0.718. The van der Waals surface area contributed by atoms with Crippen molar-refractivity contribution in [2.75, 3.05) is 19.8 Å². The maximum absolute atomic E-state index is 12.1. The first-order valence-electron chi connectivity index (χ1n) is 7.91. The highest BCUT2D eigenvalue weighted by molar-refractivity contribution is 5.78. The number of nitrogens with one attached hydrogen (secondary N) is 1. The second-order valence-electron chi connectivity index (χ2n) is 5.75. The first kappa shape index (κ1) is 15.8. The Hall–Kier alpha value is -2.11. The summed E-state index contributed by atoms with van der Waals surface area (Å²) in [6.45, 7) is 1.49. The number of aliphatic hydroxyl groups is 1. The van der Waals surface area contributed by atoms with Gasteiger partial charge in [0.25, 0.3) is 0 Å². The lowest BCUT2D eigenvalue weighted by atomic mass is 9.99. The van der Waals surface area contributed by atoms with E-state index in [1.807, 2.05) is 36.4 Å². The van der Waals surface area contributed by atoms with Crippen LogP contribution < -0.4 is 5.32 Å². The predicted octanol–water partition coefficient (Wildman–Crippen LogP) is 2.52. The van der Waals surface area contributed by atoms with Crippen LogP contribution in [0.1, 0.15) is 24.5 Å². The zero-order valence-electron chi connectivity index (χ0n) is 12.9. The number of furan rings is 1. The molecule has 1 aromatic carbocycles. The van der Waals surface area contributed by atoms with Crippen LogP contribution in [0, 0.1) is 5.92 Å². The van der Waals surface area contributed by atoms with Crippen molar-refractivity contribution in [3.05, 3.63) is 48.2 Å². The molecule has 23 heavy (non-hydrogen) atoms. The van der Waals surface area contributed by atoms with Crippen LogP contribution in [0.4, 0.5) is 0 Å². The summed E-state index contributed by atoms with van der Waals surface area (Å²) < 4.78 is 10.6. The molecule has 0 bridgehead atoms. The Morgan fingerprint density at radius 3 is 2.61 bits per heavy atom. The highest BCUT2D eigenvalue weighted by Gasteiger charge is 2.22. The summed E-state index contributed by atoms with van der Waals surface area (Å²) >= 11 is 0.